The van der Waals surface area contributed by atoms with Crippen LogP contribution in [0.4, 0.5) is 0 Å². The number of nitrogens with zero attached hydrogens (tertiary/aromatic N) is 2. The van der Waals surface area contributed by atoms with E-state index in [4.69, 9.17) is 5.11 Å². The second-order valence-corrected chi connectivity index (χ2v) is 5.49. The van der Waals surface area contributed by atoms with E-state index in [2.05, 4.69) is 0 Å². The van der Waals surface area contributed by atoms with Crippen LogP contribution in [-0.4, -0.2) is 39.0 Å². The molecule has 1 saturated heterocycles. The number of likely N-dealkylation sites (tertiary alicyclic amines) is 1. The topological polar surface area (TPSA) is 79.6 Å². The number of aliphatic carboxylic acids is 1. The Labute approximate surface area is 114 Å². The summed E-state index contributed by atoms with van der Waals surface area (Å²) < 4.78 is 1.39. The standard InChI is InChI=1S/C12H16N2O4S/c1-8-7-19-12(18)14(8)6-10(15)13-5-3-2-4-9(13)11(16)17/h7,9H,2-6H2,1H3,(H,16,17)/t9-/m0/s1. The first-order chi connectivity index (χ1) is 9.00. The summed E-state index contributed by atoms with van der Waals surface area (Å²) in [6.07, 6.45) is 2.11. The predicted molar refractivity (Wildman–Crippen MR) is 70.3 cm³/mol. The van der Waals surface area contributed by atoms with Crippen LogP contribution in [0.2, 0.25) is 0 Å². The third-order valence-electron chi connectivity index (χ3n) is 3.38. The molecule has 1 fully saturated rings. The van der Waals surface area contributed by atoms with Gasteiger partial charge in [0.25, 0.3) is 0 Å². The lowest BCUT2D eigenvalue weighted by molar-refractivity contribution is -0.152. The maximum absolute atomic E-state index is 12.2. The number of thiazole rings is 1. The van der Waals surface area contributed by atoms with Crippen LogP contribution >= 0.6 is 11.3 Å². The molecule has 0 saturated carbocycles. The highest BCUT2D eigenvalue weighted by Crippen LogP contribution is 2.18. The number of aryl methyl sites for hydroxylation is 1. The Kier molecular flexibility index (Phi) is 4.04. The van der Waals surface area contributed by atoms with Gasteiger partial charge in [0, 0.05) is 17.6 Å². The van der Waals surface area contributed by atoms with Crippen LogP contribution < -0.4 is 4.87 Å². The molecule has 1 aliphatic rings. The van der Waals surface area contributed by atoms with E-state index in [9.17, 15) is 14.4 Å². The highest BCUT2D eigenvalue weighted by molar-refractivity contribution is 7.07. The number of carboxylic acid groups (broad SMARTS) is 1. The Morgan fingerprint density at radius 2 is 2.21 bits per heavy atom. The molecule has 0 spiro atoms. The molecule has 0 radical (unpaired) electrons. The van der Waals surface area contributed by atoms with Gasteiger partial charge < -0.3 is 10.0 Å². The number of carbonyl (C=O) groups is 2. The second-order valence-electron chi connectivity index (χ2n) is 4.67. The molecule has 1 amide bonds. The van der Waals surface area contributed by atoms with E-state index in [1.807, 2.05) is 0 Å². The number of amides is 1. The monoisotopic (exact) mass is 284 g/mol. The second kappa shape index (κ2) is 5.56. The minimum Gasteiger partial charge on any atom is -0.480 e. The van der Waals surface area contributed by atoms with Crippen molar-refractivity contribution in [3.8, 4) is 0 Å². The number of piperidine rings is 1. The molecule has 0 bridgehead atoms. The summed E-state index contributed by atoms with van der Waals surface area (Å²) in [6.45, 7) is 2.14. The maximum atomic E-state index is 12.2. The van der Waals surface area contributed by atoms with Crippen molar-refractivity contribution in [3.05, 3.63) is 20.7 Å². The van der Waals surface area contributed by atoms with E-state index < -0.39 is 12.0 Å². The first-order valence-electron chi connectivity index (χ1n) is 6.18. The minimum atomic E-state index is -0.970. The lowest BCUT2D eigenvalue weighted by Gasteiger charge is -2.33. The molecular weight excluding hydrogens is 268 g/mol. The van der Waals surface area contributed by atoms with Gasteiger partial charge in [0.2, 0.25) is 5.91 Å². The van der Waals surface area contributed by atoms with Crippen LogP contribution in [0.15, 0.2) is 10.2 Å². The fraction of sp³-hybridized carbons (Fsp3) is 0.583. The van der Waals surface area contributed by atoms with E-state index in [1.54, 1.807) is 12.3 Å². The Morgan fingerprint density at radius 1 is 1.47 bits per heavy atom. The third-order valence-corrected chi connectivity index (χ3v) is 4.26. The van der Waals surface area contributed by atoms with E-state index in [1.165, 1.54) is 9.47 Å². The normalized spacial score (nSPS) is 19.4. The zero-order valence-corrected chi connectivity index (χ0v) is 11.5. The average Bonchev–Trinajstić information content (AvgIpc) is 2.70. The number of carboxylic acids is 1. The van der Waals surface area contributed by atoms with Crippen molar-refractivity contribution in [1.82, 2.24) is 9.47 Å². The molecule has 0 unspecified atom stereocenters. The summed E-state index contributed by atoms with van der Waals surface area (Å²) in [6, 6.07) is -0.754. The summed E-state index contributed by atoms with van der Waals surface area (Å²) in [5.41, 5.74) is 0.729. The third kappa shape index (κ3) is 2.86. The van der Waals surface area contributed by atoms with E-state index in [0.717, 1.165) is 29.9 Å². The molecule has 0 aliphatic carbocycles. The van der Waals surface area contributed by atoms with Crippen molar-refractivity contribution in [2.24, 2.45) is 0 Å². The van der Waals surface area contributed by atoms with Gasteiger partial charge in [-0.15, -0.1) is 0 Å². The molecule has 104 valence electrons. The van der Waals surface area contributed by atoms with Crippen molar-refractivity contribution in [2.45, 2.75) is 38.8 Å². The summed E-state index contributed by atoms with van der Waals surface area (Å²) in [4.78, 5) is 36.1. The Hall–Kier alpha value is -1.63. The zero-order valence-electron chi connectivity index (χ0n) is 10.7. The predicted octanol–water partition coefficient (Wildman–Crippen LogP) is 0.684. The number of aromatic nitrogens is 1. The summed E-state index contributed by atoms with van der Waals surface area (Å²) in [5, 5.41) is 10.8. The molecule has 1 aliphatic heterocycles. The number of hydrogen-bond donors (Lipinski definition) is 1. The van der Waals surface area contributed by atoms with E-state index in [-0.39, 0.29) is 17.3 Å². The fourth-order valence-electron chi connectivity index (χ4n) is 2.31. The van der Waals surface area contributed by atoms with Crippen LogP contribution in [0.1, 0.15) is 25.0 Å². The molecule has 1 atom stereocenters. The van der Waals surface area contributed by atoms with E-state index >= 15 is 0 Å². The van der Waals surface area contributed by atoms with Crippen LogP contribution in [0.5, 0.6) is 0 Å². The van der Waals surface area contributed by atoms with Gasteiger partial charge in [0.05, 0.1) is 0 Å². The van der Waals surface area contributed by atoms with Crippen molar-refractivity contribution >= 4 is 23.2 Å². The van der Waals surface area contributed by atoms with Crippen molar-refractivity contribution < 1.29 is 14.7 Å². The maximum Gasteiger partial charge on any atom is 0.326 e. The zero-order chi connectivity index (χ0) is 14.0. The van der Waals surface area contributed by atoms with Crippen LogP contribution in [0, 0.1) is 6.92 Å². The Morgan fingerprint density at radius 3 is 2.79 bits per heavy atom. The fourth-order valence-corrected chi connectivity index (χ4v) is 3.04. The lowest BCUT2D eigenvalue weighted by atomic mass is 10.0. The number of carbonyl (C=O) groups excluding carboxylic acids is 1. The first-order valence-corrected chi connectivity index (χ1v) is 7.06. The average molecular weight is 284 g/mol. The van der Waals surface area contributed by atoms with Gasteiger partial charge >= 0.3 is 10.8 Å². The summed E-state index contributed by atoms with van der Waals surface area (Å²) in [5.74, 6) is -1.27. The molecule has 2 rings (SSSR count). The highest BCUT2D eigenvalue weighted by atomic mass is 32.1. The van der Waals surface area contributed by atoms with Gasteiger partial charge in [-0.05, 0) is 26.2 Å². The van der Waals surface area contributed by atoms with Crippen LogP contribution in [0.25, 0.3) is 0 Å². The number of rotatable bonds is 3. The molecule has 1 N–H and O–H groups in total. The highest BCUT2D eigenvalue weighted by Gasteiger charge is 2.32. The van der Waals surface area contributed by atoms with E-state index in [0.29, 0.717) is 13.0 Å². The molecule has 2 heterocycles. The van der Waals surface area contributed by atoms with Crippen molar-refractivity contribution in [1.29, 1.82) is 0 Å². The van der Waals surface area contributed by atoms with Gasteiger partial charge in [0.15, 0.2) is 0 Å². The van der Waals surface area contributed by atoms with Gasteiger partial charge in [-0.1, -0.05) is 11.3 Å². The quantitative estimate of drug-likeness (QED) is 0.885. The van der Waals surface area contributed by atoms with Gasteiger partial charge in [-0.25, -0.2) is 4.79 Å². The smallest absolute Gasteiger partial charge is 0.326 e. The first kappa shape index (κ1) is 13.8. The van der Waals surface area contributed by atoms with Crippen LogP contribution in [-0.2, 0) is 16.1 Å². The summed E-state index contributed by atoms with van der Waals surface area (Å²) in [7, 11) is 0. The Balaban J connectivity index is 2.14. The summed E-state index contributed by atoms with van der Waals surface area (Å²) >= 11 is 1.05. The minimum absolute atomic E-state index is 0.0715. The Bertz CT molecular complexity index is 548. The van der Waals surface area contributed by atoms with Crippen molar-refractivity contribution in [3.63, 3.8) is 0 Å². The molecule has 0 aromatic carbocycles. The molecule has 1 aromatic rings. The molecule has 6 nitrogen and oxygen atoms in total. The molecular formula is C12H16N2O4S. The molecule has 7 heteroatoms. The van der Waals surface area contributed by atoms with Crippen molar-refractivity contribution in [2.75, 3.05) is 6.54 Å². The molecule has 19 heavy (non-hydrogen) atoms. The lowest BCUT2D eigenvalue weighted by Crippen LogP contribution is -2.49. The SMILES string of the molecule is Cc1csc(=O)n1CC(=O)N1CCCC[C@H]1C(=O)O. The van der Waals surface area contributed by atoms with Gasteiger partial charge in [0.1, 0.15) is 12.6 Å². The largest absolute Gasteiger partial charge is 0.480 e. The van der Waals surface area contributed by atoms with Gasteiger partial charge in [-0.2, -0.15) is 0 Å². The number of hydrogen-bond acceptors (Lipinski definition) is 4. The van der Waals surface area contributed by atoms with Crippen LogP contribution in [0.3, 0.4) is 0 Å². The van der Waals surface area contributed by atoms with Gasteiger partial charge in [-0.3, -0.25) is 14.2 Å². The molecule has 1 aromatic heterocycles.